The lowest BCUT2D eigenvalue weighted by atomic mass is 9.83. The Morgan fingerprint density at radius 3 is 2.34 bits per heavy atom. The Bertz CT molecular complexity index is 1270. The summed E-state index contributed by atoms with van der Waals surface area (Å²) in [6, 6.07) is 3.84. The van der Waals surface area contributed by atoms with Crippen LogP contribution in [0, 0.1) is 11.8 Å². The van der Waals surface area contributed by atoms with Crippen molar-refractivity contribution in [3.8, 4) is 0 Å². The molecule has 2 fully saturated rings. The lowest BCUT2D eigenvalue weighted by Crippen LogP contribution is -2.58. The molecule has 3 rings (SSSR count). The van der Waals surface area contributed by atoms with Gasteiger partial charge in [0.2, 0.25) is 23.5 Å². The van der Waals surface area contributed by atoms with Crippen molar-refractivity contribution in [2.24, 2.45) is 11.8 Å². The molecule has 4 unspecified atom stereocenters. The first-order valence-electron chi connectivity index (χ1n) is 16.8. The number of halogens is 1. The fourth-order valence-electron chi connectivity index (χ4n) is 6.12. The fourth-order valence-corrected chi connectivity index (χ4v) is 6.32. The largest absolute Gasteiger partial charge is 0.449 e. The highest BCUT2D eigenvalue weighted by atomic mass is 35.5. The van der Waals surface area contributed by atoms with Gasteiger partial charge in [-0.05, 0) is 68.6 Å². The number of hydrogen-bond acceptors (Lipinski definition) is 7. The molecule has 47 heavy (non-hydrogen) atoms. The predicted molar refractivity (Wildman–Crippen MR) is 177 cm³/mol. The first-order chi connectivity index (χ1) is 22.4. The molecule has 1 heterocycles. The van der Waals surface area contributed by atoms with Gasteiger partial charge in [0, 0.05) is 11.6 Å². The molecule has 0 radical (unpaired) electrons. The number of amides is 5. The first-order valence-corrected chi connectivity index (χ1v) is 17.2. The minimum atomic E-state index is -1.13. The quantitative estimate of drug-likeness (QED) is 0.206. The second kappa shape index (κ2) is 18.6. The van der Waals surface area contributed by atoms with Crippen LogP contribution in [-0.4, -0.2) is 78.2 Å². The van der Waals surface area contributed by atoms with Crippen LogP contribution >= 0.6 is 11.6 Å². The number of nitrogens with zero attached hydrogens (tertiary/aromatic N) is 1. The van der Waals surface area contributed by atoms with Crippen molar-refractivity contribution >= 4 is 47.1 Å². The maximum Gasteiger partial charge on any atom is 0.407 e. The number of rotatable bonds is 15. The van der Waals surface area contributed by atoms with Crippen LogP contribution in [0.2, 0.25) is 5.02 Å². The molecule has 260 valence electrons. The van der Waals surface area contributed by atoms with Crippen molar-refractivity contribution in [3.05, 3.63) is 34.9 Å². The third-order valence-electron chi connectivity index (χ3n) is 8.62. The zero-order valence-electron chi connectivity index (χ0n) is 27.9. The van der Waals surface area contributed by atoms with E-state index in [-0.39, 0.29) is 36.8 Å². The van der Waals surface area contributed by atoms with Crippen molar-refractivity contribution in [2.45, 2.75) is 110 Å². The highest BCUT2D eigenvalue weighted by Crippen LogP contribution is 2.29. The number of likely N-dealkylation sites (tertiary alicyclic amines) is 1. The summed E-state index contributed by atoms with van der Waals surface area (Å²) in [5.74, 6) is -3.17. The lowest BCUT2D eigenvalue weighted by molar-refractivity contribution is -0.143. The molecule has 4 N–H and O–H groups in total. The average Bonchev–Trinajstić information content (AvgIpc) is 3.55. The molecule has 2 aliphatic rings. The van der Waals surface area contributed by atoms with Crippen LogP contribution in [0.4, 0.5) is 4.79 Å². The van der Waals surface area contributed by atoms with E-state index in [1.807, 2.05) is 26.8 Å². The van der Waals surface area contributed by atoms with Gasteiger partial charge in [0.15, 0.2) is 0 Å². The lowest BCUT2D eigenvalue weighted by Gasteiger charge is -2.34. The molecule has 1 aliphatic carbocycles. The van der Waals surface area contributed by atoms with Gasteiger partial charge in [0.1, 0.15) is 12.1 Å². The molecular formula is C34H50ClN5O7. The van der Waals surface area contributed by atoms with Crippen LogP contribution < -0.4 is 21.3 Å². The monoisotopic (exact) mass is 675 g/mol. The summed E-state index contributed by atoms with van der Waals surface area (Å²) in [6.07, 6.45) is 5.54. The zero-order chi connectivity index (χ0) is 34.5. The second-order valence-corrected chi connectivity index (χ2v) is 13.4. The molecule has 12 nitrogen and oxygen atoms in total. The van der Waals surface area contributed by atoms with Crippen LogP contribution in [0.5, 0.6) is 0 Å². The van der Waals surface area contributed by atoms with E-state index in [2.05, 4.69) is 21.3 Å². The molecule has 1 aromatic rings. The van der Waals surface area contributed by atoms with Gasteiger partial charge in [-0.25, -0.2) is 4.79 Å². The highest BCUT2D eigenvalue weighted by Gasteiger charge is 2.42. The van der Waals surface area contributed by atoms with Gasteiger partial charge in [-0.15, -0.1) is 0 Å². The van der Waals surface area contributed by atoms with Gasteiger partial charge >= 0.3 is 6.09 Å². The molecule has 5 amide bonds. The van der Waals surface area contributed by atoms with E-state index in [9.17, 15) is 28.8 Å². The Labute approximate surface area is 282 Å². The van der Waals surface area contributed by atoms with E-state index >= 15 is 0 Å². The molecule has 1 aromatic carbocycles. The van der Waals surface area contributed by atoms with Crippen molar-refractivity contribution < 1.29 is 33.5 Å². The van der Waals surface area contributed by atoms with E-state index in [1.165, 1.54) is 4.90 Å². The van der Waals surface area contributed by atoms with Crippen molar-refractivity contribution in [1.29, 1.82) is 0 Å². The van der Waals surface area contributed by atoms with Gasteiger partial charge < -0.3 is 30.9 Å². The fraction of sp³-hybridized carbons (Fsp3) is 0.647. The standard InChI is InChI=1S/C34H50ClN5O7/c1-5-11-26(30(42)32(44)36-19-28(41)37-22(4)24-14-9-15-25(35)18-24)38-31(43)27-16-10-17-40(27)33(45)29(23-12-7-6-8-13-23)39-34(46)47-20-21(2)3/h9,14-15,18,21-23,26-27,29H,5-8,10-13,16-17,19-20H2,1-4H3,(H,36,44)(H,37,41)(H,38,43)(H,39,46). The molecule has 1 aliphatic heterocycles. The van der Waals surface area contributed by atoms with E-state index < -0.39 is 54.3 Å². The van der Waals surface area contributed by atoms with Gasteiger partial charge in [-0.3, -0.25) is 24.0 Å². The highest BCUT2D eigenvalue weighted by molar-refractivity contribution is 6.38. The Kier molecular flexibility index (Phi) is 15.0. The molecular weight excluding hydrogens is 626 g/mol. The molecule has 4 atom stereocenters. The summed E-state index contributed by atoms with van der Waals surface area (Å²) in [6.45, 7) is 7.56. The SMILES string of the molecule is CCCC(NC(=O)C1CCCN1C(=O)C(NC(=O)OCC(C)C)C1CCCCC1)C(=O)C(=O)NCC(=O)NC(C)c1cccc(Cl)c1. The van der Waals surface area contributed by atoms with Crippen molar-refractivity contribution in [1.82, 2.24) is 26.2 Å². The Morgan fingerprint density at radius 1 is 0.957 bits per heavy atom. The number of carbonyl (C=O) groups excluding carboxylic acids is 6. The number of nitrogens with one attached hydrogen (secondary N) is 4. The van der Waals surface area contributed by atoms with Crippen LogP contribution in [0.25, 0.3) is 0 Å². The summed E-state index contributed by atoms with van der Waals surface area (Å²) in [7, 11) is 0. The molecule has 0 spiro atoms. The van der Waals surface area contributed by atoms with Gasteiger partial charge in [0.25, 0.3) is 5.91 Å². The molecule has 0 bridgehead atoms. The summed E-state index contributed by atoms with van der Waals surface area (Å²) < 4.78 is 5.31. The molecule has 1 saturated heterocycles. The van der Waals surface area contributed by atoms with Gasteiger partial charge in [-0.1, -0.05) is 70.2 Å². The minimum absolute atomic E-state index is 0.0732. The van der Waals surface area contributed by atoms with Crippen LogP contribution in [-0.2, 0) is 28.7 Å². The Hall–Kier alpha value is -3.67. The van der Waals surface area contributed by atoms with E-state index in [0.29, 0.717) is 30.8 Å². The van der Waals surface area contributed by atoms with Crippen LogP contribution in [0.3, 0.4) is 0 Å². The normalized spacial score (nSPS) is 18.5. The number of Topliss-reactive ketones (excluding diaryl/α,β-unsaturated/α-hetero) is 1. The average molecular weight is 676 g/mol. The Balaban J connectivity index is 1.61. The molecule has 13 heteroatoms. The smallest absolute Gasteiger partial charge is 0.407 e. The summed E-state index contributed by atoms with van der Waals surface area (Å²) in [4.78, 5) is 79.9. The maximum absolute atomic E-state index is 13.9. The van der Waals surface area contributed by atoms with Crippen LogP contribution in [0.1, 0.15) is 97.1 Å². The maximum atomic E-state index is 13.9. The predicted octanol–water partition coefficient (Wildman–Crippen LogP) is 3.81. The Morgan fingerprint density at radius 2 is 1.68 bits per heavy atom. The molecule has 1 saturated carbocycles. The van der Waals surface area contributed by atoms with Crippen LogP contribution in [0.15, 0.2) is 24.3 Å². The van der Waals surface area contributed by atoms with E-state index in [4.69, 9.17) is 16.3 Å². The summed E-state index contributed by atoms with van der Waals surface area (Å²) >= 11 is 6.03. The number of carbonyl (C=O) groups is 6. The third-order valence-corrected chi connectivity index (χ3v) is 8.85. The summed E-state index contributed by atoms with van der Waals surface area (Å²) in [5.41, 5.74) is 0.783. The van der Waals surface area contributed by atoms with Gasteiger partial charge in [-0.2, -0.15) is 0 Å². The topological polar surface area (TPSA) is 163 Å². The number of ether oxygens (including phenoxy) is 1. The van der Waals surface area contributed by atoms with Gasteiger partial charge in [0.05, 0.1) is 25.2 Å². The molecule has 0 aromatic heterocycles. The minimum Gasteiger partial charge on any atom is -0.449 e. The zero-order valence-corrected chi connectivity index (χ0v) is 28.7. The number of benzene rings is 1. The first kappa shape index (κ1) is 37.8. The van der Waals surface area contributed by atoms with E-state index in [1.54, 1.807) is 25.1 Å². The van der Waals surface area contributed by atoms with Crippen molar-refractivity contribution in [3.63, 3.8) is 0 Å². The van der Waals surface area contributed by atoms with Crippen molar-refractivity contribution in [2.75, 3.05) is 19.7 Å². The second-order valence-electron chi connectivity index (χ2n) is 12.9. The number of ketones is 1. The number of alkyl carbamates (subject to hydrolysis) is 1. The summed E-state index contributed by atoms with van der Waals surface area (Å²) in [5, 5.41) is 11.1. The number of hydrogen-bond donors (Lipinski definition) is 4. The third kappa shape index (κ3) is 11.5. The van der Waals surface area contributed by atoms with E-state index in [0.717, 1.165) is 37.7 Å².